The van der Waals surface area contributed by atoms with Gasteiger partial charge in [-0.05, 0) is 12.1 Å². The lowest BCUT2D eigenvalue weighted by molar-refractivity contribution is 0.472. The smallest absolute Gasteiger partial charge is 0.305 e. The van der Waals surface area contributed by atoms with Crippen molar-refractivity contribution in [1.82, 2.24) is 4.83 Å². The number of benzene rings is 1. The van der Waals surface area contributed by atoms with Gasteiger partial charge in [-0.1, -0.05) is 23.2 Å². The first kappa shape index (κ1) is 15.4. The van der Waals surface area contributed by atoms with Crippen LogP contribution in [0.4, 0.5) is 5.69 Å². The highest BCUT2D eigenvalue weighted by molar-refractivity contribution is 7.86. The Balaban J connectivity index is 3.16. The van der Waals surface area contributed by atoms with Crippen LogP contribution in [-0.2, 0) is 20.4 Å². The Labute approximate surface area is 113 Å². The molecule has 0 unspecified atom stereocenters. The van der Waals surface area contributed by atoms with Gasteiger partial charge in [0, 0.05) is 0 Å². The summed E-state index contributed by atoms with van der Waals surface area (Å²) >= 11 is 11.2. The van der Waals surface area contributed by atoms with Crippen LogP contribution in [0.15, 0.2) is 17.0 Å². The van der Waals surface area contributed by atoms with Crippen LogP contribution in [0.2, 0.25) is 10.0 Å². The first-order chi connectivity index (χ1) is 8.00. The first-order valence-electron chi connectivity index (χ1n) is 3.97. The number of nitrogens with one attached hydrogen (secondary N) is 2. The Morgan fingerprint density at radius 3 is 2.00 bits per heavy atom. The molecule has 0 saturated heterocycles. The maximum atomic E-state index is 10.9. The Kier molecular flexibility index (Phi) is 4.43. The number of hydrogen-bond acceptors (Lipinski definition) is 5. The molecule has 18 heavy (non-hydrogen) atoms. The zero-order chi connectivity index (χ0) is 14.1. The molecule has 0 atom stereocenters. The van der Waals surface area contributed by atoms with Gasteiger partial charge in [-0.25, -0.2) is 0 Å². The van der Waals surface area contributed by atoms with Crippen LogP contribution in [0.1, 0.15) is 0 Å². The molecule has 0 radical (unpaired) electrons. The van der Waals surface area contributed by atoms with Crippen molar-refractivity contribution in [3.63, 3.8) is 0 Å². The summed E-state index contributed by atoms with van der Waals surface area (Å²) in [5.41, 5.74) is 1.87. The molecule has 1 rings (SSSR count). The summed E-state index contributed by atoms with van der Waals surface area (Å²) in [6.07, 6.45) is 0. The molecule has 4 N–H and O–H groups in total. The zero-order valence-electron chi connectivity index (χ0n) is 8.25. The van der Waals surface area contributed by atoms with E-state index in [-0.39, 0.29) is 15.7 Å². The van der Waals surface area contributed by atoms with Gasteiger partial charge in [-0.15, -0.1) is 4.83 Å². The second-order valence-corrected chi connectivity index (χ2v) is 6.30. The molecule has 1 aromatic carbocycles. The highest BCUT2D eigenvalue weighted by atomic mass is 35.5. The maximum Gasteiger partial charge on any atom is 0.350 e. The van der Waals surface area contributed by atoms with E-state index < -0.39 is 25.3 Å². The van der Waals surface area contributed by atoms with Crippen LogP contribution in [0, 0.1) is 0 Å². The van der Waals surface area contributed by atoms with E-state index in [1.807, 2.05) is 5.43 Å². The van der Waals surface area contributed by atoms with Gasteiger partial charge in [0.25, 0.3) is 10.1 Å². The molecule has 0 aliphatic rings. The summed E-state index contributed by atoms with van der Waals surface area (Å²) in [5, 5.41) is -0.635. The Morgan fingerprint density at radius 2 is 1.56 bits per heavy atom. The minimum absolute atomic E-state index is 0.119. The molecule has 1 aromatic rings. The normalized spacial score (nSPS) is 12.4. The fourth-order valence-electron chi connectivity index (χ4n) is 0.942. The molecular formula is C6H6Cl2N2O6S2. The van der Waals surface area contributed by atoms with Crippen molar-refractivity contribution < 1.29 is 25.9 Å². The lowest BCUT2D eigenvalue weighted by atomic mass is 10.3. The summed E-state index contributed by atoms with van der Waals surface area (Å²) in [6, 6.07) is 1.76. The molecule has 12 heteroatoms. The van der Waals surface area contributed by atoms with Gasteiger partial charge in [0.05, 0.1) is 15.7 Å². The average molecular weight is 337 g/mol. The molecule has 0 heterocycles. The predicted molar refractivity (Wildman–Crippen MR) is 64.6 cm³/mol. The number of hydrogen-bond donors (Lipinski definition) is 4. The molecule has 0 aliphatic carbocycles. The molecule has 0 spiro atoms. The SMILES string of the molecule is O=S(=O)(O)NNc1cc(Cl)c(S(=O)(=O)O)cc1Cl. The number of anilines is 1. The topological polar surface area (TPSA) is 133 Å². The summed E-state index contributed by atoms with van der Waals surface area (Å²) in [5.74, 6) is 0. The monoisotopic (exact) mass is 336 g/mol. The van der Waals surface area contributed by atoms with Crippen molar-refractivity contribution >= 4 is 49.3 Å². The molecule has 8 nitrogen and oxygen atoms in total. The number of hydrazine groups is 1. The molecule has 0 aliphatic heterocycles. The van der Waals surface area contributed by atoms with E-state index in [0.717, 1.165) is 12.1 Å². The van der Waals surface area contributed by atoms with Crippen molar-refractivity contribution in [3.05, 3.63) is 22.2 Å². The van der Waals surface area contributed by atoms with Crippen molar-refractivity contribution in [1.29, 1.82) is 0 Å². The highest BCUT2D eigenvalue weighted by Crippen LogP contribution is 2.31. The predicted octanol–water partition coefficient (Wildman–Crippen LogP) is 0.959. The van der Waals surface area contributed by atoms with Gasteiger partial charge >= 0.3 is 10.3 Å². The summed E-state index contributed by atoms with van der Waals surface area (Å²) in [7, 11) is -9.07. The largest absolute Gasteiger partial charge is 0.350 e. The van der Waals surface area contributed by atoms with Crippen LogP contribution >= 0.6 is 23.2 Å². The third-order valence-electron chi connectivity index (χ3n) is 1.61. The van der Waals surface area contributed by atoms with Crippen molar-refractivity contribution in [3.8, 4) is 0 Å². The Morgan fingerprint density at radius 1 is 1.00 bits per heavy atom. The van der Waals surface area contributed by atoms with E-state index in [9.17, 15) is 16.8 Å². The lowest BCUT2D eigenvalue weighted by Crippen LogP contribution is -2.28. The van der Waals surface area contributed by atoms with Crippen molar-refractivity contribution in [2.45, 2.75) is 4.90 Å². The second kappa shape index (κ2) is 5.17. The van der Waals surface area contributed by atoms with Crippen LogP contribution in [0.3, 0.4) is 0 Å². The minimum Gasteiger partial charge on any atom is -0.305 e. The van der Waals surface area contributed by atoms with Crippen molar-refractivity contribution in [2.24, 2.45) is 0 Å². The molecule has 0 saturated carbocycles. The average Bonchev–Trinajstić information content (AvgIpc) is 2.15. The van der Waals surface area contributed by atoms with Crippen LogP contribution < -0.4 is 10.3 Å². The molecule has 0 bridgehead atoms. The third-order valence-corrected chi connectivity index (χ3v) is 3.61. The highest BCUT2D eigenvalue weighted by Gasteiger charge is 2.17. The minimum atomic E-state index is -4.55. The quantitative estimate of drug-likeness (QED) is 0.475. The van der Waals surface area contributed by atoms with Crippen LogP contribution in [-0.4, -0.2) is 25.9 Å². The number of halogens is 2. The Hall–Kier alpha value is -0.620. The van der Waals surface area contributed by atoms with Crippen LogP contribution in [0.5, 0.6) is 0 Å². The summed E-state index contributed by atoms with van der Waals surface area (Å²) in [6.45, 7) is 0. The molecule has 0 aromatic heterocycles. The second-order valence-electron chi connectivity index (χ2n) is 2.94. The summed E-state index contributed by atoms with van der Waals surface area (Å²) < 4.78 is 59.8. The Bertz CT molecular complexity index is 672. The molecule has 102 valence electrons. The van der Waals surface area contributed by atoms with Gasteiger partial charge < -0.3 is 5.43 Å². The first-order valence-corrected chi connectivity index (χ1v) is 7.61. The van der Waals surface area contributed by atoms with E-state index in [0.29, 0.717) is 0 Å². The lowest BCUT2D eigenvalue weighted by Gasteiger charge is -2.09. The van der Waals surface area contributed by atoms with E-state index in [1.165, 1.54) is 4.83 Å². The maximum absolute atomic E-state index is 10.9. The van der Waals surface area contributed by atoms with Crippen molar-refractivity contribution in [2.75, 3.05) is 5.43 Å². The molecule has 0 amide bonds. The van der Waals surface area contributed by atoms with Gasteiger partial charge in [-0.3, -0.25) is 9.11 Å². The van der Waals surface area contributed by atoms with E-state index in [4.69, 9.17) is 32.3 Å². The summed E-state index contributed by atoms with van der Waals surface area (Å²) in [4.78, 5) is 0.854. The standard InChI is InChI=1S/C6H6Cl2N2O6S2/c7-3-2-6(17(11,12)13)4(8)1-5(3)9-10-18(14,15)16/h1-2,9-10H,(H,11,12,13)(H,14,15,16). The zero-order valence-corrected chi connectivity index (χ0v) is 11.4. The fourth-order valence-corrected chi connectivity index (χ4v) is 2.48. The number of rotatable bonds is 4. The molecular weight excluding hydrogens is 331 g/mol. The van der Waals surface area contributed by atoms with Gasteiger partial charge in [0.2, 0.25) is 0 Å². The third kappa shape index (κ3) is 4.24. The van der Waals surface area contributed by atoms with E-state index >= 15 is 0 Å². The van der Waals surface area contributed by atoms with Gasteiger partial charge in [0.15, 0.2) is 0 Å². The van der Waals surface area contributed by atoms with E-state index in [1.54, 1.807) is 0 Å². The van der Waals surface area contributed by atoms with Crippen LogP contribution in [0.25, 0.3) is 0 Å². The van der Waals surface area contributed by atoms with Gasteiger partial charge in [-0.2, -0.15) is 16.8 Å². The fraction of sp³-hybridized carbons (Fsp3) is 0. The molecule has 0 fully saturated rings. The van der Waals surface area contributed by atoms with E-state index in [2.05, 4.69) is 0 Å². The van der Waals surface area contributed by atoms with Gasteiger partial charge in [0.1, 0.15) is 4.90 Å².